The molecule has 0 aromatic carbocycles. The summed E-state index contributed by atoms with van der Waals surface area (Å²) in [7, 11) is 0. The maximum absolute atomic E-state index is 7.92. The second kappa shape index (κ2) is 10.4. The van der Waals surface area contributed by atoms with Crippen molar-refractivity contribution < 1.29 is 17.1 Å². The minimum Gasteiger partial charge on any atom is -0.0934 e. The first-order valence-electron chi connectivity index (χ1n) is 4.31. The molecule has 78 valence electrons. The molecule has 3 nitrogen and oxygen atoms in total. The van der Waals surface area contributed by atoms with Crippen molar-refractivity contribution in [3.63, 3.8) is 0 Å². The van der Waals surface area contributed by atoms with Gasteiger partial charge in [0.25, 0.3) is 0 Å². The van der Waals surface area contributed by atoms with Crippen molar-refractivity contribution in [2.45, 2.75) is 0 Å². The zero-order valence-corrected chi connectivity index (χ0v) is 9.20. The van der Waals surface area contributed by atoms with Gasteiger partial charge in [0.05, 0.1) is 0 Å². The van der Waals surface area contributed by atoms with Gasteiger partial charge in [-0.1, -0.05) is 5.11 Å². The molecule has 0 saturated heterocycles. The van der Waals surface area contributed by atoms with Gasteiger partial charge in [-0.3, -0.25) is 0 Å². The Balaban J connectivity index is 0.000000280. The maximum Gasteiger partial charge on any atom is 0.0325 e. The van der Waals surface area contributed by atoms with Crippen LogP contribution in [0.5, 0.6) is 0 Å². The number of nitrogens with zero attached hydrogens (tertiary/aromatic N) is 3. The third kappa shape index (κ3) is 7.72. The quantitative estimate of drug-likeness (QED) is 0.309. The van der Waals surface area contributed by atoms with Crippen LogP contribution in [0, 0.1) is 63.7 Å². The van der Waals surface area contributed by atoms with Crippen LogP contribution in [0.1, 0.15) is 0 Å². The van der Waals surface area contributed by atoms with Crippen LogP contribution in [0.3, 0.4) is 0 Å². The van der Waals surface area contributed by atoms with Gasteiger partial charge in [-0.2, -0.15) is 0 Å². The molecule has 0 aromatic rings. The fraction of sp³-hybridized carbons (Fsp3) is 0.0909. The third-order valence-corrected chi connectivity index (χ3v) is 1.60. The Labute approximate surface area is 103 Å². The normalized spacial score (nSPS) is 19.7. The van der Waals surface area contributed by atoms with Gasteiger partial charge in [-0.05, 0) is 69.2 Å². The van der Waals surface area contributed by atoms with Gasteiger partial charge in [-0.25, -0.2) is 0 Å². The van der Waals surface area contributed by atoms with E-state index in [1.807, 2.05) is 57.8 Å². The van der Waals surface area contributed by atoms with Gasteiger partial charge < -0.3 is 0 Å². The minimum atomic E-state index is 0. The molecule has 0 N–H and O–H groups in total. The molecular formula is C11H11FeN3. The predicted molar refractivity (Wildman–Crippen MR) is 56.0 cm³/mol. The Bertz CT molecular complexity index is 173. The standard InChI is InChI=1S/C6H6N3.C5H5.Fe/c7-9-8-5-6-3-1-2-4-6;1-2-4-5-3-1;/h1-4H,5H2;1-5H;. The Morgan fingerprint density at radius 2 is 1.40 bits per heavy atom. The fourth-order valence-electron chi connectivity index (χ4n) is 0.953. The first kappa shape index (κ1) is 14.8. The van der Waals surface area contributed by atoms with Crippen molar-refractivity contribution >= 4 is 0 Å². The molecule has 0 aromatic heterocycles. The summed E-state index contributed by atoms with van der Waals surface area (Å²) in [5.41, 5.74) is 7.92. The molecule has 2 rings (SSSR count). The average molecular weight is 241 g/mol. The number of hydrogen-bond donors (Lipinski definition) is 0. The number of hydrogen-bond acceptors (Lipinski definition) is 1. The zero-order chi connectivity index (χ0) is 10.1. The van der Waals surface area contributed by atoms with Crippen LogP contribution < -0.4 is 0 Å². The van der Waals surface area contributed by atoms with Crippen molar-refractivity contribution in [1.82, 2.24) is 0 Å². The Morgan fingerprint density at radius 3 is 1.80 bits per heavy atom. The van der Waals surface area contributed by atoms with Gasteiger partial charge in [0.2, 0.25) is 0 Å². The summed E-state index contributed by atoms with van der Waals surface area (Å²) in [6.07, 6.45) is 17.7. The van der Waals surface area contributed by atoms with E-state index >= 15 is 0 Å². The van der Waals surface area contributed by atoms with Gasteiger partial charge in [0.15, 0.2) is 0 Å². The van der Waals surface area contributed by atoms with Crippen molar-refractivity contribution in [1.29, 1.82) is 0 Å². The molecule has 0 amide bonds. The van der Waals surface area contributed by atoms with E-state index < -0.39 is 0 Å². The van der Waals surface area contributed by atoms with Crippen molar-refractivity contribution in [3.8, 4) is 0 Å². The topological polar surface area (TPSA) is 48.8 Å². The fourth-order valence-corrected chi connectivity index (χ4v) is 0.953. The molecule has 2 aliphatic rings. The zero-order valence-electron chi connectivity index (χ0n) is 8.10. The van der Waals surface area contributed by atoms with Gasteiger partial charge in [0.1, 0.15) is 0 Å². The van der Waals surface area contributed by atoms with Crippen molar-refractivity contribution in [2.24, 2.45) is 5.11 Å². The Hall–Kier alpha value is -0.171. The van der Waals surface area contributed by atoms with E-state index in [1.54, 1.807) is 0 Å². The van der Waals surface area contributed by atoms with Crippen LogP contribution in [0.2, 0.25) is 0 Å². The summed E-state index contributed by atoms with van der Waals surface area (Å²) in [5.74, 6) is 1.06. The van der Waals surface area contributed by atoms with Crippen LogP contribution in [0.4, 0.5) is 0 Å². The van der Waals surface area contributed by atoms with Crippen LogP contribution >= 0.6 is 0 Å². The molecule has 0 atom stereocenters. The first-order chi connectivity index (χ1) is 6.93. The molecule has 0 unspecified atom stereocenters. The van der Waals surface area contributed by atoms with Crippen LogP contribution in [-0.2, 0) is 17.1 Å². The third-order valence-electron chi connectivity index (χ3n) is 1.60. The van der Waals surface area contributed by atoms with E-state index in [4.69, 9.17) is 5.53 Å². The molecule has 2 saturated carbocycles. The van der Waals surface area contributed by atoms with Crippen molar-refractivity contribution in [3.05, 3.63) is 74.1 Å². The smallest absolute Gasteiger partial charge is 0.0325 e. The second-order valence-electron chi connectivity index (χ2n) is 2.64. The molecule has 0 bridgehead atoms. The molecule has 0 heterocycles. The van der Waals surface area contributed by atoms with E-state index in [1.165, 1.54) is 0 Å². The van der Waals surface area contributed by atoms with Gasteiger partial charge in [0, 0.05) is 28.5 Å². The van der Waals surface area contributed by atoms with E-state index in [2.05, 4.69) is 10.0 Å². The Morgan fingerprint density at radius 1 is 0.933 bits per heavy atom. The largest absolute Gasteiger partial charge is 0.0934 e. The monoisotopic (exact) mass is 241 g/mol. The van der Waals surface area contributed by atoms with E-state index in [0.29, 0.717) is 6.54 Å². The molecule has 2 aliphatic carbocycles. The summed E-state index contributed by atoms with van der Waals surface area (Å²) >= 11 is 0. The molecule has 10 radical (unpaired) electrons. The van der Waals surface area contributed by atoms with Crippen LogP contribution in [0.15, 0.2) is 5.11 Å². The van der Waals surface area contributed by atoms with E-state index in [9.17, 15) is 0 Å². The average Bonchev–Trinajstić information content (AvgIpc) is 2.90. The minimum absolute atomic E-state index is 0. The van der Waals surface area contributed by atoms with E-state index in [-0.39, 0.29) is 17.1 Å². The molecule has 2 fully saturated rings. The molecule has 0 aliphatic heterocycles. The summed E-state index contributed by atoms with van der Waals surface area (Å²) < 4.78 is 0. The van der Waals surface area contributed by atoms with Gasteiger partial charge >= 0.3 is 0 Å². The molecule has 0 spiro atoms. The maximum atomic E-state index is 7.92. The van der Waals surface area contributed by atoms with Crippen LogP contribution in [0.25, 0.3) is 10.4 Å². The Kier molecular flexibility index (Phi) is 10.2. The van der Waals surface area contributed by atoms with Crippen molar-refractivity contribution in [2.75, 3.05) is 6.54 Å². The number of azide groups is 1. The second-order valence-corrected chi connectivity index (χ2v) is 2.64. The number of rotatable bonds is 2. The summed E-state index contributed by atoms with van der Waals surface area (Å²) in [6, 6.07) is 0. The summed E-state index contributed by atoms with van der Waals surface area (Å²) in [5, 5.41) is 3.39. The molecule has 15 heavy (non-hydrogen) atoms. The summed E-state index contributed by atoms with van der Waals surface area (Å²) in [6.45, 7) is 0.462. The van der Waals surface area contributed by atoms with Crippen LogP contribution in [-0.4, -0.2) is 6.54 Å². The van der Waals surface area contributed by atoms with Gasteiger partial charge in [-0.15, -0.1) is 0 Å². The summed E-state index contributed by atoms with van der Waals surface area (Å²) in [4.78, 5) is 2.64. The first-order valence-corrected chi connectivity index (χ1v) is 4.31. The SMILES string of the molecule is [CH]1[CH][CH][CH][CH]1.[Fe].[N-]=[N+]=NC[C]1[CH][CH][CH][CH]1. The molecule has 4 heteroatoms. The van der Waals surface area contributed by atoms with E-state index in [0.717, 1.165) is 5.92 Å². The predicted octanol–water partition coefficient (Wildman–Crippen LogP) is 2.72. The molecular weight excluding hydrogens is 230 g/mol.